The number of hydrogen-bond donors (Lipinski definition) is 1. The summed E-state index contributed by atoms with van der Waals surface area (Å²) in [6.45, 7) is 9.42. The van der Waals surface area contributed by atoms with Crippen LogP contribution >= 0.6 is 0 Å². The molecule has 1 aliphatic rings. The van der Waals surface area contributed by atoms with Crippen molar-refractivity contribution in [1.29, 1.82) is 0 Å². The number of nitrogens with zero attached hydrogens (tertiary/aromatic N) is 1. The zero-order chi connectivity index (χ0) is 26.3. The first-order valence-corrected chi connectivity index (χ1v) is 11.5. The van der Waals surface area contributed by atoms with Gasteiger partial charge in [0.05, 0.1) is 17.8 Å². The molecule has 2 aromatic carbocycles. The summed E-state index contributed by atoms with van der Waals surface area (Å²) in [5.74, 6) is -1.79. The molecular formula is C26H27BF2N2O5. The first-order valence-electron chi connectivity index (χ1n) is 11.5. The summed E-state index contributed by atoms with van der Waals surface area (Å²) < 4.78 is 46.9. The molecule has 10 heteroatoms. The van der Waals surface area contributed by atoms with Gasteiger partial charge < -0.3 is 19.4 Å². The Morgan fingerprint density at radius 2 is 1.67 bits per heavy atom. The Morgan fingerprint density at radius 3 is 2.25 bits per heavy atom. The van der Waals surface area contributed by atoms with Crippen LogP contribution in [-0.4, -0.2) is 35.4 Å². The van der Waals surface area contributed by atoms with Crippen LogP contribution in [0.4, 0.5) is 14.5 Å². The maximum absolute atomic E-state index is 15.0. The molecule has 4 rings (SSSR count). The van der Waals surface area contributed by atoms with Crippen molar-refractivity contribution in [3.8, 4) is 11.4 Å². The van der Waals surface area contributed by atoms with E-state index in [4.69, 9.17) is 14.0 Å². The highest BCUT2D eigenvalue weighted by Gasteiger charge is 2.52. The van der Waals surface area contributed by atoms with Gasteiger partial charge in [0, 0.05) is 23.0 Å². The number of pyridine rings is 1. The van der Waals surface area contributed by atoms with E-state index in [-0.39, 0.29) is 29.1 Å². The average Bonchev–Trinajstić information content (AvgIpc) is 3.01. The average molecular weight is 496 g/mol. The van der Waals surface area contributed by atoms with Crippen LogP contribution in [0.5, 0.6) is 5.75 Å². The first-order chi connectivity index (χ1) is 16.9. The van der Waals surface area contributed by atoms with E-state index in [1.165, 1.54) is 53.2 Å². The minimum absolute atomic E-state index is 0.0765. The van der Waals surface area contributed by atoms with Gasteiger partial charge in [0.1, 0.15) is 22.9 Å². The Labute approximate surface area is 208 Å². The number of nitrogens with one attached hydrogen (secondary N) is 1. The highest BCUT2D eigenvalue weighted by atomic mass is 19.1. The zero-order valence-corrected chi connectivity index (χ0v) is 20.7. The van der Waals surface area contributed by atoms with Gasteiger partial charge in [0.25, 0.3) is 11.5 Å². The molecule has 188 valence electrons. The van der Waals surface area contributed by atoms with Crippen molar-refractivity contribution in [3.63, 3.8) is 0 Å². The number of hydrogen-bond acceptors (Lipinski definition) is 5. The fraction of sp³-hybridized carbons (Fsp3) is 0.308. The van der Waals surface area contributed by atoms with Crippen LogP contribution in [0.25, 0.3) is 5.69 Å². The van der Waals surface area contributed by atoms with E-state index in [1.54, 1.807) is 6.92 Å². The van der Waals surface area contributed by atoms with Crippen molar-refractivity contribution in [2.75, 3.05) is 11.9 Å². The number of carbonyl (C=O) groups is 1. The Kier molecular flexibility index (Phi) is 6.77. The zero-order valence-electron chi connectivity index (χ0n) is 20.7. The molecule has 0 radical (unpaired) electrons. The predicted molar refractivity (Wildman–Crippen MR) is 133 cm³/mol. The number of rotatable bonds is 6. The summed E-state index contributed by atoms with van der Waals surface area (Å²) in [6, 6.07) is 10.8. The van der Waals surface area contributed by atoms with Crippen LogP contribution in [0.3, 0.4) is 0 Å². The highest BCUT2D eigenvalue weighted by Crippen LogP contribution is 2.36. The molecule has 1 aromatic heterocycles. The largest absolute Gasteiger partial charge is 0.497 e. The van der Waals surface area contributed by atoms with Crippen LogP contribution < -0.4 is 21.1 Å². The SMILES string of the molecule is CCOc1ccn(-c2ccc(F)cc2)c(=O)c1C(=O)Nc1ccc(B2OC(C)(C)C(C)(C)O2)c(F)c1. The van der Waals surface area contributed by atoms with Crippen molar-refractivity contribution in [3.05, 3.63) is 82.3 Å². The lowest BCUT2D eigenvalue weighted by Gasteiger charge is -2.32. The highest BCUT2D eigenvalue weighted by molar-refractivity contribution is 6.62. The molecule has 0 unspecified atom stereocenters. The number of ether oxygens (including phenoxy) is 1. The van der Waals surface area contributed by atoms with Crippen molar-refractivity contribution < 1.29 is 27.6 Å². The lowest BCUT2D eigenvalue weighted by atomic mass is 9.78. The Bertz CT molecular complexity index is 1340. The van der Waals surface area contributed by atoms with Crippen molar-refractivity contribution in [1.82, 2.24) is 4.57 Å². The van der Waals surface area contributed by atoms with Gasteiger partial charge in [0.15, 0.2) is 0 Å². The Hall–Kier alpha value is -3.50. The monoisotopic (exact) mass is 496 g/mol. The van der Waals surface area contributed by atoms with Gasteiger partial charge in [-0.2, -0.15) is 0 Å². The number of halogens is 2. The van der Waals surface area contributed by atoms with Gasteiger partial charge in [-0.15, -0.1) is 0 Å². The third-order valence-electron chi connectivity index (χ3n) is 6.45. The molecule has 1 saturated heterocycles. The van der Waals surface area contributed by atoms with Crippen LogP contribution in [-0.2, 0) is 9.31 Å². The number of anilines is 1. The van der Waals surface area contributed by atoms with Crippen molar-refractivity contribution in [2.24, 2.45) is 0 Å². The summed E-state index contributed by atoms with van der Waals surface area (Å²) in [5.41, 5.74) is -1.50. The van der Waals surface area contributed by atoms with Gasteiger partial charge in [-0.25, -0.2) is 8.78 Å². The molecular weight excluding hydrogens is 469 g/mol. The summed E-state index contributed by atoms with van der Waals surface area (Å²) in [5, 5.41) is 2.56. The van der Waals surface area contributed by atoms with Gasteiger partial charge in [-0.3, -0.25) is 14.2 Å². The second kappa shape index (κ2) is 9.52. The van der Waals surface area contributed by atoms with Gasteiger partial charge >= 0.3 is 7.12 Å². The summed E-state index contributed by atoms with van der Waals surface area (Å²) in [7, 11) is -0.902. The Morgan fingerprint density at radius 1 is 1.03 bits per heavy atom. The fourth-order valence-corrected chi connectivity index (χ4v) is 3.77. The minimum atomic E-state index is -0.902. The standard InChI is InChI=1S/C26H27BF2N2O5/c1-6-34-21-13-14-31(18-10-7-16(28)8-11-18)24(33)22(21)23(32)30-17-9-12-19(20(29)15-17)27-35-25(2,3)26(4,5)36-27/h7-15H,6H2,1-5H3,(H,30,32). The van der Waals surface area contributed by atoms with Gasteiger partial charge in [-0.05, 0) is 77.1 Å². The van der Waals surface area contributed by atoms with Gasteiger partial charge in [-0.1, -0.05) is 6.07 Å². The van der Waals surface area contributed by atoms with E-state index >= 15 is 4.39 Å². The molecule has 0 saturated carbocycles. The second-order valence-corrected chi connectivity index (χ2v) is 9.42. The maximum atomic E-state index is 15.0. The second-order valence-electron chi connectivity index (χ2n) is 9.42. The molecule has 1 amide bonds. The van der Waals surface area contributed by atoms with E-state index in [0.29, 0.717) is 5.69 Å². The summed E-state index contributed by atoms with van der Waals surface area (Å²) in [6.07, 6.45) is 1.44. The third kappa shape index (κ3) is 4.78. The quantitative estimate of drug-likeness (QED) is 0.521. The smallest absolute Gasteiger partial charge is 0.493 e. The van der Waals surface area contributed by atoms with E-state index in [0.717, 1.165) is 6.07 Å². The van der Waals surface area contributed by atoms with Gasteiger partial charge in [0.2, 0.25) is 0 Å². The molecule has 1 aliphatic heterocycles. The molecule has 1 N–H and O–H groups in total. The molecule has 0 spiro atoms. The van der Waals surface area contributed by atoms with E-state index in [2.05, 4.69) is 5.32 Å². The molecule has 2 heterocycles. The fourth-order valence-electron chi connectivity index (χ4n) is 3.77. The molecule has 3 aromatic rings. The molecule has 1 fully saturated rings. The van der Waals surface area contributed by atoms with Crippen LogP contribution in [0.1, 0.15) is 45.0 Å². The third-order valence-corrected chi connectivity index (χ3v) is 6.45. The number of benzene rings is 2. The van der Waals surface area contributed by atoms with E-state index < -0.39 is 41.4 Å². The predicted octanol–water partition coefficient (Wildman–Crippen LogP) is 4.07. The normalized spacial score (nSPS) is 16.1. The van der Waals surface area contributed by atoms with E-state index in [9.17, 15) is 14.0 Å². The number of amides is 1. The van der Waals surface area contributed by atoms with Crippen LogP contribution in [0, 0.1) is 11.6 Å². The maximum Gasteiger partial charge on any atom is 0.497 e. The van der Waals surface area contributed by atoms with Crippen LogP contribution in [0.2, 0.25) is 0 Å². The minimum Gasteiger partial charge on any atom is -0.493 e. The first kappa shape index (κ1) is 25.6. The number of aromatic nitrogens is 1. The number of carbonyl (C=O) groups excluding carboxylic acids is 1. The molecule has 36 heavy (non-hydrogen) atoms. The molecule has 0 bridgehead atoms. The summed E-state index contributed by atoms with van der Waals surface area (Å²) in [4.78, 5) is 26.4. The van der Waals surface area contributed by atoms with Crippen molar-refractivity contribution in [2.45, 2.75) is 45.8 Å². The van der Waals surface area contributed by atoms with Crippen LogP contribution in [0.15, 0.2) is 59.5 Å². The summed E-state index contributed by atoms with van der Waals surface area (Å²) >= 11 is 0. The molecule has 0 atom stereocenters. The van der Waals surface area contributed by atoms with Crippen molar-refractivity contribution >= 4 is 24.2 Å². The molecule has 7 nitrogen and oxygen atoms in total. The van der Waals surface area contributed by atoms with E-state index in [1.807, 2.05) is 27.7 Å². The lowest BCUT2D eigenvalue weighted by molar-refractivity contribution is 0.00578. The lowest BCUT2D eigenvalue weighted by Crippen LogP contribution is -2.41. The molecule has 0 aliphatic carbocycles. The Balaban J connectivity index is 1.63. The topological polar surface area (TPSA) is 78.8 Å².